The van der Waals surface area contributed by atoms with Crippen molar-refractivity contribution in [2.24, 2.45) is 0 Å². The second-order valence-corrected chi connectivity index (χ2v) is 6.83. The third-order valence-electron chi connectivity index (χ3n) is 5.14. The molecule has 0 bridgehead atoms. The number of carbonyl (C=O) groups excluding carboxylic acids is 2. The van der Waals surface area contributed by atoms with E-state index in [0.29, 0.717) is 30.1 Å². The number of benzene rings is 2. The Hall–Kier alpha value is -2.57. The Morgan fingerprint density at radius 2 is 2.00 bits per heavy atom. The van der Waals surface area contributed by atoms with Gasteiger partial charge in [-0.1, -0.05) is 37.3 Å². The first-order valence-corrected chi connectivity index (χ1v) is 9.33. The van der Waals surface area contributed by atoms with E-state index < -0.39 is 0 Å². The zero-order valence-electron chi connectivity index (χ0n) is 15.7. The van der Waals surface area contributed by atoms with Crippen LogP contribution in [-0.2, 0) is 11.2 Å². The lowest BCUT2D eigenvalue weighted by Gasteiger charge is -2.37. The van der Waals surface area contributed by atoms with Crippen molar-refractivity contribution in [2.45, 2.75) is 19.4 Å². The number of aryl methyl sites for hydroxylation is 1. The first-order chi connectivity index (χ1) is 13.2. The lowest BCUT2D eigenvalue weighted by molar-refractivity contribution is -0.118. The number of nitrogens with one attached hydrogen (secondary N) is 2. The molecule has 1 unspecified atom stereocenters. The number of rotatable bonds is 3. The van der Waals surface area contributed by atoms with Crippen molar-refractivity contribution in [3.8, 4) is 5.75 Å². The maximum atomic E-state index is 13.4. The molecule has 0 radical (unpaired) electrons. The highest BCUT2D eigenvalue weighted by Crippen LogP contribution is 2.34. The summed E-state index contributed by atoms with van der Waals surface area (Å²) in [5.41, 5.74) is 3.44. The maximum absolute atomic E-state index is 13.4. The molecule has 7 heteroatoms. The predicted octanol–water partition coefficient (Wildman–Crippen LogP) is 2.79. The predicted molar refractivity (Wildman–Crippen MR) is 110 cm³/mol. The lowest BCUT2D eigenvalue weighted by atomic mass is 9.99. The third-order valence-corrected chi connectivity index (χ3v) is 5.14. The van der Waals surface area contributed by atoms with Crippen molar-refractivity contribution in [2.75, 3.05) is 31.6 Å². The molecular weight excluding hydrogens is 378 g/mol. The fourth-order valence-electron chi connectivity index (χ4n) is 3.66. The van der Waals surface area contributed by atoms with Gasteiger partial charge in [0.1, 0.15) is 0 Å². The molecule has 1 atom stereocenters. The van der Waals surface area contributed by atoms with Gasteiger partial charge >= 0.3 is 0 Å². The maximum Gasteiger partial charge on any atom is 0.262 e. The zero-order chi connectivity index (χ0) is 18.8. The molecular formula is C21H24ClN3O3. The van der Waals surface area contributed by atoms with E-state index in [1.807, 2.05) is 4.90 Å². The van der Waals surface area contributed by atoms with Crippen LogP contribution in [0.3, 0.4) is 0 Å². The summed E-state index contributed by atoms with van der Waals surface area (Å²) in [6.45, 7) is 4.14. The van der Waals surface area contributed by atoms with Gasteiger partial charge in [0, 0.05) is 19.6 Å². The topological polar surface area (TPSA) is 70.7 Å². The van der Waals surface area contributed by atoms with Gasteiger partial charge in [0.05, 0.1) is 17.3 Å². The van der Waals surface area contributed by atoms with Crippen molar-refractivity contribution < 1.29 is 14.3 Å². The third kappa shape index (κ3) is 3.84. The number of fused-ring (bicyclic) bond motifs is 1. The van der Waals surface area contributed by atoms with Gasteiger partial charge in [-0.05, 0) is 29.7 Å². The Bertz CT molecular complexity index is 870. The molecule has 2 aromatic rings. The molecule has 1 saturated heterocycles. The molecule has 2 aliphatic heterocycles. The van der Waals surface area contributed by atoms with Gasteiger partial charge in [-0.2, -0.15) is 0 Å². The van der Waals surface area contributed by atoms with Crippen molar-refractivity contribution in [3.63, 3.8) is 0 Å². The van der Waals surface area contributed by atoms with E-state index in [-0.39, 0.29) is 36.9 Å². The summed E-state index contributed by atoms with van der Waals surface area (Å²) in [5, 5.41) is 6.15. The molecule has 6 nitrogen and oxygen atoms in total. The average Bonchev–Trinajstić information content (AvgIpc) is 2.72. The van der Waals surface area contributed by atoms with Gasteiger partial charge in [0.25, 0.3) is 11.8 Å². The average molecular weight is 402 g/mol. The number of hydrogen-bond donors (Lipinski definition) is 2. The summed E-state index contributed by atoms with van der Waals surface area (Å²) in [6.07, 6.45) is 0.991. The largest absolute Gasteiger partial charge is 0.481 e. The van der Waals surface area contributed by atoms with Gasteiger partial charge in [-0.25, -0.2) is 0 Å². The standard InChI is InChI=1S/C21H23N3O3.ClH/c1-2-14-6-8-15(9-7-14)18-12-22-10-11-24(18)21(26)16-4-3-5-17-20(16)27-13-19(25)23-17;/h3-9,18,22H,2,10-13H2,1H3,(H,23,25);1H. The van der Waals surface area contributed by atoms with E-state index in [4.69, 9.17) is 4.74 Å². The molecule has 0 aliphatic carbocycles. The Morgan fingerprint density at radius 3 is 2.75 bits per heavy atom. The number of nitrogens with zero attached hydrogens (tertiary/aromatic N) is 1. The Labute approximate surface area is 170 Å². The fraction of sp³-hybridized carbons (Fsp3) is 0.333. The van der Waals surface area contributed by atoms with Gasteiger partial charge in [-0.3, -0.25) is 9.59 Å². The smallest absolute Gasteiger partial charge is 0.262 e. The Balaban J connectivity index is 0.00000225. The molecule has 2 heterocycles. The van der Waals surface area contributed by atoms with Crippen molar-refractivity contribution in [1.82, 2.24) is 10.2 Å². The number of para-hydroxylation sites is 1. The van der Waals surface area contributed by atoms with E-state index in [2.05, 4.69) is 41.8 Å². The van der Waals surface area contributed by atoms with Crippen molar-refractivity contribution in [1.29, 1.82) is 0 Å². The first-order valence-electron chi connectivity index (χ1n) is 9.33. The molecule has 28 heavy (non-hydrogen) atoms. The van der Waals surface area contributed by atoms with E-state index in [9.17, 15) is 9.59 Å². The molecule has 2 aliphatic rings. The van der Waals surface area contributed by atoms with Crippen LogP contribution < -0.4 is 15.4 Å². The number of piperazine rings is 1. The second kappa shape index (κ2) is 8.63. The van der Waals surface area contributed by atoms with Crippen LogP contribution in [0.25, 0.3) is 0 Å². The minimum Gasteiger partial charge on any atom is -0.481 e. The zero-order valence-corrected chi connectivity index (χ0v) is 16.6. The molecule has 2 N–H and O–H groups in total. The van der Waals surface area contributed by atoms with Crippen molar-refractivity contribution >= 4 is 29.9 Å². The van der Waals surface area contributed by atoms with E-state index in [1.54, 1.807) is 18.2 Å². The SMILES string of the molecule is CCc1ccc(C2CNCCN2C(=O)c2cccc3c2OCC(=O)N3)cc1.Cl. The van der Waals surface area contributed by atoms with Crippen LogP contribution in [0.4, 0.5) is 5.69 Å². The van der Waals surface area contributed by atoms with E-state index >= 15 is 0 Å². The quantitative estimate of drug-likeness (QED) is 0.829. The van der Waals surface area contributed by atoms with Crippen LogP contribution in [0, 0.1) is 0 Å². The highest BCUT2D eigenvalue weighted by Gasteiger charge is 2.31. The molecule has 4 rings (SSSR count). The van der Waals surface area contributed by atoms with E-state index in [0.717, 1.165) is 18.5 Å². The van der Waals surface area contributed by atoms with Crippen LogP contribution in [0.1, 0.15) is 34.5 Å². The number of ether oxygens (including phenoxy) is 1. The van der Waals surface area contributed by atoms with Gasteiger partial charge in [0.2, 0.25) is 0 Å². The highest BCUT2D eigenvalue weighted by molar-refractivity contribution is 6.03. The number of anilines is 1. The monoisotopic (exact) mass is 401 g/mol. The van der Waals surface area contributed by atoms with Gasteiger partial charge < -0.3 is 20.3 Å². The number of hydrogen-bond acceptors (Lipinski definition) is 4. The molecule has 1 fully saturated rings. The minimum atomic E-state index is -0.205. The highest BCUT2D eigenvalue weighted by atomic mass is 35.5. The molecule has 0 saturated carbocycles. The first kappa shape index (κ1) is 20.2. The van der Waals surface area contributed by atoms with Gasteiger partial charge in [0.15, 0.2) is 12.4 Å². The van der Waals surface area contributed by atoms with E-state index in [1.165, 1.54) is 5.56 Å². The normalized spacial score (nSPS) is 18.4. The summed E-state index contributed by atoms with van der Waals surface area (Å²) in [7, 11) is 0. The fourth-order valence-corrected chi connectivity index (χ4v) is 3.66. The summed E-state index contributed by atoms with van der Waals surface area (Å²) in [4.78, 5) is 26.8. The minimum absolute atomic E-state index is 0. The van der Waals surface area contributed by atoms with Crippen LogP contribution in [0.5, 0.6) is 5.75 Å². The molecule has 0 spiro atoms. The Kier molecular flexibility index (Phi) is 6.21. The second-order valence-electron chi connectivity index (χ2n) is 6.83. The van der Waals surface area contributed by atoms with Gasteiger partial charge in [-0.15, -0.1) is 12.4 Å². The molecule has 2 amide bonds. The lowest BCUT2D eigenvalue weighted by Crippen LogP contribution is -2.48. The molecule has 0 aromatic heterocycles. The number of carbonyl (C=O) groups is 2. The van der Waals surface area contributed by atoms with Crippen LogP contribution in [0.15, 0.2) is 42.5 Å². The van der Waals surface area contributed by atoms with Crippen LogP contribution >= 0.6 is 12.4 Å². The molecule has 2 aromatic carbocycles. The Morgan fingerprint density at radius 1 is 1.21 bits per heavy atom. The number of halogens is 1. The van der Waals surface area contributed by atoms with Crippen LogP contribution in [0.2, 0.25) is 0 Å². The number of amides is 2. The molecule has 148 valence electrons. The summed E-state index contributed by atoms with van der Waals surface area (Å²) in [6, 6.07) is 13.7. The summed E-state index contributed by atoms with van der Waals surface area (Å²) in [5.74, 6) is 0.179. The van der Waals surface area contributed by atoms with Crippen LogP contribution in [-0.4, -0.2) is 43.0 Å². The summed E-state index contributed by atoms with van der Waals surface area (Å²) >= 11 is 0. The van der Waals surface area contributed by atoms with Crippen molar-refractivity contribution in [3.05, 3.63) is 59.2 Å². The summed E-state index contributed by atoms with van der Waals surface area (Å²) < 4.78 is 5.57.